The molecule has 1 heterocycles. The molecule has 0 saturated carbocycles. The summed E-state index contributed by atoms with van der Waals surface area (Å²) in [6.07, 6.45) is 45.2. The largest absolute Gasteiger partial charge is 0.394 e. The Balaban J connectivity index is 2.26. The van der Waals surface area contributed by atoms with Crippen LogP contribution in [-0.2, 0) is 14.3 Å². The van der Waals surface area contributed by atoms with Gasteiger partial charge in [-0.05, 0) is 32.1 Å². The Labute approximate surface area is 375 Å². The average Bonchev–Trinajstić information content (AvgIpc) is 3.26. The maximum absolute atomic E-state index is 13.0. The van der Waals surface area contributed by atoms with Crippen molar-refractivity contribution >= 4 is 5.91 Å². The van der Waals surface area contributed by atoms with E-state index in [-0.39, 0.29) is 12.5 Å². The number of aliphatic hydroxyl groups excluding tert-OH is 5. The fourth-order valence-corrected chi connectivity index (χ4v) is 8.35. The van der Waals surface area contributed by atoms with Gasteiger partial charge in [0.25, 0.3) is 0 Å². The Kier molecular flexibility index (Phi) is 40.3. The van der Waals surface area contributed by atoms with E-state index in [0.717, 1.165) is 38.5 Å². The van der Waals surface area contributed by atoms with Gasteiger partial charge in [-0.25, -0.2) is 0 Å². The first-order valence-corrected chi connectivity index (χ1v) is 26.1. The van der Waals surface area contributed by atoms with E-state index in [1.807, 2.05) is 6.08 Å². The molecule has 0 spiro atoms. The number of unbranched alkanes of at least 4 members (excludes halogenated alkanes) is 32. The van der Waals surface area contributed by atoms with Crippen molar-refractivity contribution in [1.82, 2.24) is 5.32 Å². The van der Waals surface area contributed by atoms with Crippen LogP contribution in [0.1, 0.15) is 245 Å². The summed E-state index contributed by atoms with van der Waals surface area (Å²) in [6, 6.07) is -0.817. The van der Waals surface area contributed by atoms with Gasteiger partial charge in [0.15, 0.2) is 6.29 Å². The molecule has 0 aromatic rings. The van der Waals surface area contributed by atoms with E-state index in [1.165, 1.54) is 186 Å². The molecule has 1 aliphatic rings. The molecular weight excluding hydrogens is 767 g/mol. The van der Waals surface area contributed by atoms with Crippen LogP contribution in [0.15, 0.2) is 24.3 Å². The number of aliphatic hydroxyl groups is 5. The second kappa shape index (κ2) is 42.6. The van der Waals surface area contributed by atoms with E-state index in [1.54, 1.807) is 6.08 Å². The number of carbonyl (C=O) groups excluding carboxylic acids is 1. The van der Waals surface area contributed by atoms with Crippen LogP contribution in [0.4, 0.5) is 0 Å². The molecule has 0 bridgehead atoms. The lowest BCUT2D eigenvalue weighted by molar-refractivity contribution is -0.302. The van der Waals surface area contributed by atoms with Crippen LogP contribution in [0.25, 0.3) is 0 Å². The van der Waals surface area contributed by atoms with Crippen LogP contribution >= 0.6 is 0 Å². The van der Waals surface area contributed by atoms with Crippen LogP contribution < -0.4 is 5.32 Å². The summed E-state index contributed by atoms with van der Waals surface area (Å²) >= 11 is 0. The molecule has 9 nitrogen and oxygen atoms in total. The summed E-state index contributed by atoms with van der Waals surface area (Å²) in [7, 11) is 0. The average molecular weight is 866 g/mol. The van der Waals surface area contributed by atoms with E-state index in [9.17, 15) is 30.3 Å². The molecule has 0 aromatic heterocycles. The SMILES string of the molecule is CCCCCCCCCCC/C=C/CC/C=C/[C@@H](O)[C@H](CO[C@H]1O[C@@H](CO)[C@H](O)C(O)C1O)NC(=O)CCCCCCCCCCCCCCCCCCCCCCCCC. The second-order valence-electron chi connectivity index (χ2n) is 18.3. The lowest BCUT2D eigenvalue weighted by atomic mass is 9.99. The van der Waals surface area contributed by atoms with Gasteiger partial charge in [0.1, 0.15) is 24.4 Å². The first kappa shape index (κ1) is 57.7. The zero-order valence-electron chi connectivity index (χ0n) is 39.7. The maximum Gasteiger partial charge on any atom is 0.220 e. The third-order valence-corrected chi connectivity index (χ3v) is 12.5. The van der Waals surface area contributed by atoms with Crippen LogP contribution in [0, 0.1) is 0 Å². The van der Waals surface area contributed by atoms with Crippen LogP contribution in [-0.4, -0.2) is 87.5 Å². The Morgan fingerprint density at radius 3 is 1.38 bits per heavy atom. The zero-order chi connectivity index (χ0) is 44.4. The number of ether oxygens (including phenoxy) is 2. The minimum Gasteiger partial charge on any atom is -0.394 e. The fraction of sp³-hybridized carbons (Fsp3) is 0.904. The molecule has 6 N–H and O–H groups in total. The number of hydrogen-bond acceptors (Lipinski definition) is 8. The van der Waals surface area contributed by atoms with E-state index in [4.69, 9.17) is 9.47 Å². The van der Waals surface area contributed by atoms with E-state index >= 15 is 0 Å². The molecule has 1 fully saturated rings. The topological polar surface area (TPSA) is 149 Å². The first-order valence-electron chi connectivity index (χ1n) is 26.1. The summed E-state index contributed by atoms with van der Waals surface area (Å²) in [6.45, 7) is 3.78. The van der Waals surface area contributed by atoms with Gasteiger partial charge in [0.05, 0.1) is 25.4 Å². The molecule has 1 amide bonds. The van der Waals surface area contributed by atoms with Crippen LogP contribution in [0.3, 0.4) is 0 Å². The number of rotatable bonds is 44. The summed E-state index contributed by atoms with van der Waals surface area (Å²) in [4.78, 5) is 13.0. The molecule has 9 heteroatoms. The van der Waals surface area contributed by atoms with Gasteiger partial charge in [-0.2, -0.15) is 0 Å². The monoisotopic (exact) mass is 866 g/mol. The Morgan fingerprint density at radius 2 is 0.934 bits per heavy atom. The highest BCUT2D eigenvalue weighted by atomic mass is 16.7. The van der Waals surface area contributed by atoms with Gasteiger partial charge < -0.3 is 40.3 Å². The maximum atomic E-state index is 13.0. The normalized spacial score (nSPS) is 20.5. The van der Waals surface area contributed by atoms with Crippen molar-refractivity contribution in [1.29, 1.82) is 0 Å². The Morgan fingerprint density at radius 1 is 0.541 bits per heavy atom. The highest BCUT2D eigenvalue weighted by molar-refractivity contribution is 5.76. The zero-order valence-corrected chi connectivity index (χ0v) is 39.7. The minimum atomic E-state index is -1.57. The Bertz CT molecular complexity index is 1010. The van der Waals surface area contributed by atoms with Crippen molar-refractivity contribution in [3.8, 4) is 0 Å². The highest BCUT2D eigenvalue weighted by Crippen LogP contribution is 2.23. The summed E-state index contributed by atoms with van der Waals surface area (Å²) in [5, 5.41) is 54.3. The standard InChI is InChI=1S/C52H99NO8/c1-3-5-7-9-11-13-15-17-19-20-21-22-23-24-25-26-28-30-32-34-36-38-40-42-48(56)53-45(44-60-52-51(59)50(58)49(57)47(43-54)61-52)46(55)41-39-37-35-33-31-29-27-18-16-14-12-10-8-6-4-2/h31,33,39,41,45-47,49-52,54-55,57-59H,3-30,32,34-38,40,42-44H2,1-2H3,(H,53,56)/b33-31+,41-39+/t45-,46+,47-,49-,50?,51?,52-/m0/s1. The summed E-state index contributed by atoms with van der Waals surface area (Å²) < 4.78 is 11.2. The molecule has 1 rings (SSSR count). The summed E-state index contributed by atoms with van der Waals surface area (Å²) in [5.74, 6) is -0.183. The summed E-state index contributed by atoms with van der Waals surface area (Å²) in [5.41, 5.74) is 0. The number of hydrogen-bond donors (Lipinski definition) is 6. The van der Waals surface area contributed by atoms with Gasteiger partial charge in [-0.15, -0.1) is 0 Å². The number of amides is 1. The lowest BCUT2D eigenvalue weighted by Gasteiger charge is -2.40. The number of nitrogens with one attached hydrogen (secondary N) is 1. The fourth-order valence-electron chi connectivity index (χ4n) is 8.35. The van der Waals surface area contributed by atoms with Crippen molar-refractivity contribution in [3.05, 3.63) is 24.3 Å². The van der Waals surface area contributed by atoms with Crippen molar-refractivity contribution in [2.24, 2.45) is 0 Å². The molecule has 1 saturated heterocycles. The van der Waals surface area contributed by atoms with Crippen molar-refractivity contribution in [3.63, 3.8) is 0 Å². The highest BCUT2D eigenvalue weighted by Gasteiger charge is 2.44. The van der Waals surface area contributed by atoms with Gasteiger partial charge in [-0.1, -0.05) is 231 Å². The molecule has 61 heavy (non-hydrogen) atoms. The third-order valence-electron chi connectivity index (χ3n) is 12.5. The predicted octanol–water partition coefficient (Wildman–Crippen LogP) is 11.8. The molecule has 2 unspecified atom stereocenters. The van der Waals surface area contributed by atoms with Crippen molar-refractivity contribution < 1.29 is 39.8 Å². The molecule has 360 valence electrons. The quantitative estimate of drug-likeness (QED) is 0.0262. The molecular formula is C52H99NO8. The van der Waals surface area contributed by atoms with Gasteiger partial charge in [-0.3, -0.25) is 4.79 Å². The molecule has 1 aliphatic heterocycles. The van der Waals surface area contributed by atoms with Gasteiger partial charge >= 0.3 is 0 Å². The minimum absolute atomic E-state index is 0.183. The number of carbonyl (C=O) groups is 1. The molecule has 0 aromatic carbocycles. The predicted molar refractivity (Wildman–Crippen MR) is 253 cm³/mol. The van der Waals surface area contributed by atoms with Crippen LogP contribution in [0.2, 0.25) is 0 Å². The van der Waals surface area contributed by atoms with Gasteiger partial charge in [0.2, 0.25) is 5.91 Å². The van der Waals surface area contributed by atoms with Crippen molar-refractivity contribution in [2.75, 3.05) is 13.2 Å². The van der Waals surface area contributed by atoms with E-state index < -0.39 is 49.5 Å². The smallest absolute Gasteiger partial charge is 0.220 e. The van der Waals surface area contributed by atoms with Crippen molar-refractivity contribution in [2.45, 2.75) is 288 Å². The van der Waals surface area contributed by atoms with Crippen LogP contribution in [0.5, 0.6) is 0 Å². The number of allylic oxidation sites excluding steroid dienone is 3. The molecule has 0 radical (unpaired) electrons. The van der Waals surface area contributed by atoms with Gasteiger partial charge in [0, 0.05) is 6.42 Å². The lowest BCUT2D eigenvalue weighted by Crippen LogP contribution is -2.60. The molecule has 7 atom stereocenters. The molecule has 0 aliphatic carbocycles. The van der Waals surface area contributed by atoms with E-state index in [0.29, 0.717) is 6.42 Å². The Hall–Kier alpha value is -1.33. The third kappa shape index (κ3) is 32.9. The second-order valence-corrected chi connectivity index (χ2v) is 18.3. The van der Waals surface area contributed by atoms with E-state index in [2.05, 4.69) is 31.3 Å². The first-order chi connectivity index (χ1) is 29.8.